The second kappa shape index (κ2) is 3.89. The molecule has 1 aliphatic rings. The number of imidazole rings is 2. The molecule has 0 fully saturated rings. The van der Waals surface area contributed by atoms with Gasteiger partial charge in [-0.2, -0.15) is 0 Å². The van der Waals surface area contributed by atoms with Gasteiger partial charge in [0.15, 0.2) is 5.65 Å². The zero-order valence-electron chi connectivity index (χ0n) is 10.6. The lowest BCUT2D eigenvalue weighted by Gasteiger charge is -2.22. The minimum Gasteiger partial charge on any atom is -0.347 e. The maximum absolute atomic E-state index is 4.69. The molecule has 3 aromatic rings. The molecule has 2 N–H and O–H groups in total. The molecule has 6 heteroatoms. The number of hydrogen-bond acceptors (Lipinski definition) is 4. The summed E-state index contributed by atoms with van der Waals surface area (Å²) in [7, 11) is 2.01. The quantitative estimate of drug-likeness (QED) is 0.681. The molecule has 0 amide bonds. The molecule has 1 atom stereocenters. The van der Waals surface area contributed by atoms with E-state index in [0.717, 1.165) is 35.6 Å². The fourth-order valence-corrected chi connectivity index (χ4v) is 2.70. The van der Waals surface area contributed by atoms with E-state index in [0.29, 0.717) is 0 Å². The first kappa shape index (κ1) is 10.7. The summed E-state index contributed by atoms with van der Waals surface area (Å²) in [6.45, 7) is 0.802. The SMILES string of the molecule is Cn1c(C2Cc3nc[nH]c3CN2)nc2cccnc21. The molecule has 0 aliphatic carbocycles. The number of hydrogen-bond donors (Lipinski definition) is 2. The predicted molar refractivity (Wildman–Crippen MR) is 70.4 cm³/mol. The fourth-order valence-electron chi connectivity index (χ4n) is 2.70. The minimum atomic E-state index is 0.190. The Morgan fingerprint density at radius 1 is 1.37 bits per heavy atom. The van der Waals surface area contributed by atoms with Crippen LogP contribution in [-0.2, 0) is 20.0 Å². The van der Waals surface area contributed by atoms with Crippen LogP contribution in [0.5, 0.6) is 0 Å². The molecule has 0 bridgehead atoms. The molecule has 1 aliphatic heterocycles. The van der Waals surface area contributed by atoms with Gasteiger partial charge in [-0.15, -0.1) is 0 Å². The lowest BCUT2D eigenvalue weighted by molar-refractivity contribution is 0.458. The van der Waals surface area contributed by atoms with Gasteiger partial charge in [0.1, 0.15) is 11.3 Å². The molecule has 19 heavy (non-hydrogen) atoms. The van der Waals surface area contributed by atoms with Gasteiger partial charge in [-0.1, -0.05) is 0 Å². The third-order valence-electron chi connectivity index (χ3n) is 3.70. The highest BCUT2D eigenvalue weighted by Gasteiger charge is 2.25. The van der Waals surface area contributed by atoms with Gasteiger partial charge in [-0.05, 0) is 12.1 Å². The van der Waals surface area contributed by atoms with E-state index in [9.17, 15) is 0 Å². The van der Waals surface area contributed by atoms with Crippen LogP contribution in [0.1, 0.15) is 23.3 Å². The number of H-pyrrole nitrogens is 1. The lowest BCUT2D eigenvalue weighted by Crippen LogP contribution is -2.30. The van der Waals surface area contributed by atoms with Crippen molar-refractivity contribution in [3.63, 3.8) is 0 Å². The molecule has 4 rings (SSSR count). The van der Waals surface area contributed by atoms with Crippen LogP contribution in [0.15, 0.2) is 24.7 Å². The van der Waals surface area contributed by atoms with Gasteiger partial charge in [-0.3, -0.25) is 0 Å². The van der Waals surface area contributed by atoms with Crippen molar-refractivity contribution in [2.75, 3.05) is 0 Å². The van der Waals surface area contributed by atoms with Crippen LogP contribution in [0, 0.1) is 0 Å². The van der Waals surface area contributed by atoms with Crippen molar-refractivity contribution in [3.05, 3.63) is 41.9 Å². The molecule has 0 saturated heterocycles. The Balaban J connectivity index is 1.77. The van der Waals surface area contributed by atoms with Crippen LogP contribution in [0.3, 0.4) is 0 Å². The minimum absolute atomic E-state index is 0.190. The van der Waals surface area contributed by atoms with Gasteiger partial charge < -0.3 is 14.9 Å². The lowest BCUT2D eigenvalue weighted by atomic mass is 10.1. The molecule has 0 spiro atoms. The molecule has 0 saturated carbocycles. The average molecular weight is 254 g/mol. The van der Waals surface area contributed by atoms with E-state index >= 15 is 0 Å². The van der Waals surface area contributed by atoms with Crippen molar-refractivity contribution in [3.8, 4) is 0 Å². The molecular weight excluding hydrogens is 240 g/mol. The summed E-state index contributed by atoms with van der Waals surface area (Å²) in [6, 6.07) is 4.10. The number of rotatable bonds is 1. The second-order valence-corrected chi connectivity index (χ2v) is 4.84. The van der Waals surface area contributed by atoms with Gasteiger partial charge in [0.2, 0.25) is 0 Å². The Labute approximate surface area is 109 Å². The normalized spacial score (nSPS) is 18.7. The zero-order valence-corrected chi connectivity index (χ0v) is 10.6. The van der Waals surface area contributed by atoms with Gasteiger partial charge in [0, 0.05) is 26.2 Å². The molecule has 1 unspecified atom stereocenters. The summed E-state index contributed by atoms with van der Waals surface area (Å²) in [6.07, 6.45) is 4.41. The summed E-state index contributed by atoms with van der Waals surface area (Å²) in [5, 5.41) is 3.50. The van der Waals surface area contributed by atoms with Crippen LogP contribution in [0.25, 0.3) is 11.2 Å². The highest BCUT2D eigenvalue weighted by atomic mass is 15.2. The van der Waals surface area contributed by atoms with Crippen LogP contribution in [0.4, 0.5) is 0 Å². The Morgan fingerprint density at radius 3 is 3.21 bits per heavy atom. The Kier molecular flexibility index (Phi) is 2.19. The van der Waals surface area contributed by atoms with Crippen LogP contribution < -0.4 is 5.32 Å². The van der Waals surface area contributed by atoms with E-state index in [-0.39, 0.29) is 6.04 Å². The van der Waals surface area contributed by atoms with Crippen molar-refractivity contribution in [1.29, 1.82) is 0 Å². The standard InChI is InChI=1S/C13H14N6/c1-19-12-8(3-2-4-14-12)18-13(19)10-5-9-11(6-15-10)17-7-16-9/h2-4,7,10,15H,5-6H2,1H3,(H,16,17). The second-order valence-electron chi connectivity index (χ2n) is 4.84. The third kappa shape index (κ3) is 1.57. The van der Waals surface area contributed by atoms with Gasteiger partial charge in [0.25, 0.3) is 0 Å². The third-order valence-corrected chi connectivity index (χ3v) is 3.70. The average Bonchev–Trinajstić information content (AvgIpc) is 3.03. The summed E-state index contributed by atoms with van der Waals surface area (Å²) >= 11 is 0. The summed E-state index contributed by atoms with van der Waals surface area (Å²) in [4.78, 5) is 16.6. The number of nitrogens with one attached hydrogen (secondary N) is 2. The Hall–Kier alpha value is -2.21. The molecule has 96 valence electrons. The maximum Gasteiger partial charge on any atom is 0.159 e. The summed E-state index contributed by atoms with van der Waals surface area (Å²) in [5.74, 6) is 1.02. The van der Waals surface area contributed by atoms with Crippen molar-refractivity contribution in [2.45, 2.75) is 19.0 Å². The van der Waals surface area contributed by atoms with E-state index in [1.807, 2.05) is 19.2 Å². The first-order chi connectivity index (χ1) is 9.33. The molecule has 0 aromatic carbocycles. The highest BCUT2D eigenvalue weighted by molar-refractivity contribution is 5.71. The van der Waals surface area contributed by atoms with Gasteiger partial charge >= 0.3 is 0 Å². The first-order valence-electron chi connectivity index (χ1n) is 6.35. The summed E-state index contributed by atoms with van der Waals surface area (Å²) < 4.78 is 2.06. The van der Waals surface area contributed by atoms with Gasteiger partial charge in [-0.25, -0.2) is 15.0 Å². The van der Waals surface area contributed by atoms with Crippen molar-refractivity contribution < 1.29 is 0 Å². The van der Waals surface area contributed by atoms with Crippen LogP contribution in [-0.4, -0.2) is 24.5 Å². The molecule has 3 aromatic heterocycles. The van der Waals surface area contributed by atoms with E-state index in [2.05, 4.69) is 24.8 Å². The predicted octanol–water partition coefficient (Wildman–Crippen LogP) is 1.08. The molecule has 6 nitrogen and oxygen atoms in total. The van der Waals surface area contributed by atoms with Crippen molar-refractivity contribution in [2.24, 2.45) is 7.05 Å². The number of fused-ring (bicyclic) bond motifs is 2. The summed E-state index contributed by atoms with van der Waals surface area (Å²) in [5.41, 5.74) is 4.17. The number of nitrogens with zero attached hydrogens (tertiary/aromatic N) is 4. The number of aromatic nitrogens is 5. The van der Waals surface area contributed by atoms with E-state index in [1.54, 1.807) is 12.5 Å². The maximum atomic E-state index is 4.69. The molecule has 0 radical (unpaired) electrons. The van der Waals surface area contributed by atoms with Crippen molar-refractivity contribution in [1.82, 2.24) is 29.8 Å². The van der Waals surface area contributed by atoms with Crippen LogP contribution in [0.2, 0.25) is 0 Å². The highest BCUT2D eigenvalue weighted by Crippen LogP contribution is 2.25. The zero-order chi connectivity index (χ0) is 12.8. The number of aryl methyl sites for hydroxylation is 1. The topological polar surface area (TPSA) is 71.4 Å². The molecular formula is C13H14N6. The van der Waals surface area contributed by atoms with E-state index < -0.39 is 0 Å². The first-order valence-corrected chi connectivity index (χ1v) is 6.35. The Bertz CT molecular complexity index is 741. The smallest absolute Gasteiger partial charge is 0.159 e. The van der Waals surface area contributed by atoms with Gasteiger partial charge in [0.05, 0.1) is 23.8 Å². The largest absolute Gasteiger partial charge is 0.347 e. The fraction of sp³-hybridized carbons (Fsp3) is 0.308. The van der Waals surface area contributed by atoms with E-state index in [4.69, 9.17) is 4.98 Å². The number of pyridine rings is 1. The number of aromatic amines is 1. The van der Waals surface area contributed by atoms with Crippen molar-refractivity contribution >= 4 is 11.2 Å². The Morgan fingerprint density at radius 2 is 2.32 bits per heavy atom. The van der Waals surface area contributed by atoms with E-state index in [1.165, 1.54) is 5.69 Å². The van der Waals surface area contributed by atoms with Crippen LogP contribution >= 0.6 is 0 Å². The molecule has 4 heterocycles. The monoisotopic (exact) mass is 254 g/mol.